The van der Waals surface area contributed by atoms with Crippen molar-refractivity contribution in [1.82, 2.24) is 0 Å². The first-order chi connectivity index (χ1) is 13.0. The molecule has 0 bridgehead atoms. The van der Waals surface area contributed by atoms with E-state index in [0.29, 0.717) is 6.61 Å². The molecule has 0 radical (unpaired) electrons. The van der Waals surface area contributed by atoms with Gasteiger partial charge in [-0.25, -0.2) is 4.39 Å². The Hall–Kier alpha value is -2.89. The van der Waals surface area contributed by atoms with Crippen LogP contribution < -0.4 is 15.0 Å². The number of hydrogen-bond acceptors (Lipinski definition) is 3. The number of amides is 2. The van der Waals surface area contributed by atoms with E-state index in [1.54, 1.807) is 17.0 Å². The van der Waals surface area contributed by atoms with Crippen LogP contribution in [0.5, 0.6) is 5.75 Å². The summed E-state index contributed by atoms with van der Waals surface area (Å²) in [6, 6.07) is 11.8. The van der Waals surface area contributed by atoms with Gasteiger partial charge in [0.2, 0.25) is 11.8 Å². The zero-order valence-corrected chi connectivity index (χ0v) is 15.5. The Balaban J connectivity index is 1.66. The van der Waals surface area contributed by atoms with Gasteiger partial charge < -0.3 is 15.0 Å². The van der Waals surface area contributed by atoms with Gasteiger partial charge in [-0.15, -0.1) is 0 Å². The van der Waals surface area contributed by atoms with Crippen LogP contribution in [0.25, 0.3) is 0 Å². The molecule has 1 fully saturated rings. The fraction of sp³-hybridized carbons (Fsp3) is 0.333. The molecule has 5 nitrogen and oxygen atoms in total. The molecule has 1 saturated heterocycles. The van der Waals surface area contributed by atoms with Crippen LogP contribution in [0.15, 0.2) is 42.5 Å². The van der Waals surface area contributed by atoms with Crippen LogP contribution in [0.3, 0.4) is 0 Å². The Morgan fingerprint density at radius 1 is 1.26 bits per heavy atom. The van der Waals surface area contributed by atoms with E-state index in [4.69, 9.17) is 4.74 Å². The molecule has 1 N–H and O–H groups in total. The van der Waals surface area contributed by atoms with Crippen molar-refractivity contribution in [1.29, 1.82) is 0 Å². The number of ether oxygens (including phenoxy) is 1. The third kappa shape index (κ3) is 4.45. The van der Waals surface area contributed by atoms with Gasteiger partial charge in [-0.1, -0.05) is 13.0 Å². The maximum Gasteiger partial charge on any atom is 0.229 e. The minimum Gasteiger partial charge on any atom is -0.494 e. The summed E-state index contributed by atoms with van der Waals surface area (Å²) in [6.45, 7) is 4.77. The van der Waals surface area contributed by atoms with Gasteiger partial charge in [-0.3, -0.25) is 9.59 Å². The summed E-state index contributed by atoms with van der Waals surface area (Å²) in [7, 11) is 0. The molecule has 2 amide bonds. The van der Waals surface area contributed by atoms with Crippen LogP contribution >= 0.6 is 0 Å². The zero-order chi connectivity index (χ0) is 19.4. The van der Waals surface area contributed by atoms with E-state index in [0.717, 1.165) is 23.4 Å². The van der Waals surface area contributed by atoms with Gasteiger partial charge in [0.25, 0.3) is 0 Å². The molecule has 0 saturated carbocycles. The lowest BCUT2D eigenvalue weighted by atomic mass is 10.1. The predicted octanol–water partition coefficient (Wildman–Crippen LogP) is 3.91. The Kier molecular flexibility index (Phi) is 5.74. The number of nitrogens with zero attached hydrogens (tertiary/aromatic N) is 1. The summed E-state index contributed by atoms with van der Waals surface area (Å²) in [6.07, 6.45) is 1.03. The first-order valence-electron chi connectivity index (χ1n) is 9.08. The third-order valence-electron chi connectivity index (χ3n) is 4.50. The van der Waals surface area contributed by atoms with Gasteiger partial charge >= 0.3 is 0 Å². The molecule has 2 aromatic rings. The van der Waals surface area contributed by atoms with Gasteiger partial charge in [0.05, 0.1) is 18.2 Å². The Bertz CT molecular complexity index is 836. The van der Waals surface area contributed by atoms with Crippen LogP contribution in [-0.2, 0) is 9.59 Å². The van der Waals surface area contributed by atoms with Crippen LogP contribution in [0.2, 0.25) is 0 Å². The van der Waals surface area contributed by atoms with Crippen LogP contribution in [0.4, 0.5) is 15.8 Å². The number of anilines is 2. The summed E-state index contributed by atoms with van der Waals surface area (Å²) in [5, 5.41) is 2.60. The normalized spacial score (nSPS) is 16.5. The number of hydrogen-bond donors (Lipinski definition) is 1. The average Bonchev–Trinajstić information content (AvgIpc) is 3.05. The van der Waals surface area contributed by atoms with Gasteiger partial charge in [0.15, 0.2) is 0 Å². The first-order valence-corrected chi connectivity index (χ1v) is 9.08. The van der Waals surface area contributed by atoms with E-state index in [1.165, 1.54) is 6.07 Å². The molecular formula is C21H23FN2O3. The molecule has 6 heteroatoms. The standard InChI is InChI=1S/C21H23FN2O3/c1-3-10-27-17-7-5-16(6-8-17)24-13-15(12-20(24)25)21(26)23-19-11-14(2)4-9-18(19)22/h4-9,11,15H,3,10,12-13H2,1-2H3,(H,23,26). The average molecular weight is 370 g/mol. The summed E-state index contributed by atoms with van der Waals surface area (Å²) in [5.41, 5.74) is 1.71. The highest BCUT2D eigenvalue weighted by molar-refractivity contribution is 6.03. The predicted molar refractivity (Wildman–Crippen MR) is 102 cm³/mol. The topological polar surface area (TPSA) is 58.6 Å². The van der Waals surface area contributed by atoms with Crippen molar-refractivity contribution in [3.63, 3.8) is 0 Å². The Morgan fingerprint density at radius 2 is 2.00 bits per heavy atom. The Labute approximate surface area is 158 Å². The number of aryl methyl sites for hydroxylation is 1. The molecule has 3 rings (SSSR count). The van der Waals surface area contributed by atoms with Crippen molar-refractivity contribution in [2.75, 3.05) is 23.4 Å². The minimum absolute atomic E-state index is 0.105. The van der Waals surface area contributed by atoms with Gasteiger partial charge in [-0.05, 0) is 55.3 Å². The molecule has 1 aliphatic rings. The van der Waals surface area contributed by atoms with Crippen molar-refractivity contribution in [2.45, 2.75) is 26.7 Å². The lowest BCUT2D eigenvalue weighted by Gasteiger charge is -2.17. The highest BCUT2D eigenvalue weighted by Gasteiger charge is 2.35. The van der Waals surface area contributed by atoms with Gasteiger partial charge in [-0.2, -0.15) is 0 Å². The highest BCUT2D eigenvalue weighted by Crippen LogP contribution is 2.28. The third-order valence-corrected chi connectivity index (χ3v) is 4.50. The molecule has 0 aliphatic carbocycles. The Morgan fingerprint density at radius 3 is 2.70 bits per heavy atom. The summed E-state index contributed by atoms with van der Waals surface area (Å²) >= 11 is 0. The number of halogens is 1. The van der Waals surface area contributed by atoms with Crippen LogP contribution in [-0.4, -0.2) is 25.0 Å². The molecule has 27 heavy (non-hydrogen) atoms. The van der Waals surface area contributed by atoms with Gasteiger partial charge in [0, 0.05) is 18.7 Å². The van der Waals surface area contributed by atoms with E-state index in [9.17, 15) is 14.0 Å². The smallest absolute Gasteiger partial charge is 0.229 e. The molecule has 0 spiro atoms. The molecule has 1 atom stereocenters. The molecule has 1 heterocycles. The second-order valence-electron chi connectivity index (χ2n) is 6.72. The quantitative estimate of drug-likeness (QED) is 0.839. The maximum atomic E-state index is 13.9. The van der Waals surface area contributed by atoms with E-state index in [1.807, 2.05) is 38.1 Å². The molecule has 2 aromatic carbocycles. The monoisotopic (exact) mass is 370 g/mol. The van der Waals surface area contributed by atoms with E-state index in [-0.39, 0.29) is 30.5 Å². The first kappa shape index (κ1) is 18.9. The van der Waals surface area contributed by atoms with Crippen molar-refractivity contribution in [3.8, 4) is 5.75 Å². The van der Waals surface area contributed by atoms with E-state index < -0.39 is 11.7 Å². The summed E-state index contributed by atoms with van der Waals surface area (Å²) in [5.74, 6) is -0.733. The van der Waals surface area contributed by atoms with Crippen molar-refractivity contribution in [2.24, 2.45) is 5.92 Å². The fourth-order valence-corrected chi connectivity index (χ4v) is 3.04. The lowest BCUT2D eigenvalue weighted by Crippen LogP contribution is -2.28. The summed E-state index contributed by atoms with van der Waals surface area (Å²) in [4.78, 5) is 26.4. The van der Waals surface area contributed by atoms with Crippen LogP contribution in [0, 0.1) is 18.7 Å². The van der Waals surface area contributed by atoms with Crippen molar-refractivity contribution >= 4 is 23.2 Å². The van der Waals surface area contributed by atoms with Crippen molar-refractivity contribution < 1.29 is 18.7 Å². The second-order valence-corrected chi connectivity index (χ2v) is 6.72. The molecule has 0 aromatic heterocycles. The van der Waals surface area contributed by atoms with Crippen molar-refractivity contribution in [3.05, 3.63) is 53.8 Å². The maximum absolute atomic E-state index is 13.9. The SMILES string of the molecule is CCCOc1ccc(N2CC(C(=O)Nc3cc(C)ccc3F)CC2=O)cc1. The zero-order valence-electron chi connectivity index (χ0n) is 15.5. The molecule has 1 unspecified atom stereocenters. The lowest BCUT2D eigenvalue weighted by molar-refractivity contribution is -0.122. The molecule has 1 aliphatic heterocycles. The minimum atomic E-state index is -0.520. The number of nitrogens with one attached hydrogen (secondary N) is 1. The number of rotatable bonds is 6. The number of benzene rings is 2. The van der Waals surface area contributed by atoms with E-state index in [2.05, 4.69) is 5.32 Å². The largest absolute Gasteiger partial charge is 0.494 e. The summed E-state index contributed by atoms with van der Waals surface area (Å²) < 4.78 is 19.4. The number of carbonyl (C=O) groups excluding carboxylic acids is 2. The van der Waals surface area contributed by atoms with Gasteiger partial charge in [0.1, 0.15) is 11.6 Å². The molecule has 142 valence electrons. The van der Waals surface area contributed by atoms with Crippen LogP contribution in [0.1, 0.15) is 25.3 Å². The molecular weight excluding hydrogens is 347 g/mol. The fourth-order valence-electron chi connectivity index (χ4n) is 3.04. The highest BCUT2D eigenvalue weighted by atomic mass is 19.1. The number of carbonyl (C=O) groups is 2. The van der Waals surface area contributed by atoms with E-state index >= 15 is 0 Å². The second kappa shape index (κ2) is 8.20.